The third-order valence-corrected chi connectivity index (χ3v) is 2.98. The highest BCUT2D eigenvalue weighted by Gasteiger charge is 2.06. The number of carbonyl (C=O) groups excluding carboxylic acids is 2. The average Bonchev–Trinajstić information content (AvgIpc) is 2.53. The third kappa shape index (κ3) is 6.09. The first kappa shape index (κ1) is 18.2. The van der Waals surface area contributed by atoms with Crippen LogP contribution in [-0.4, -0.2) is 25.1 Å². The molecule has 0 spiro atoms. The Hall–Kier alpha value is -3.16. The van der Waals surface area contributed by atoms with Gasteiger partial charge in [-0.15, -0.1) is 0 Å². The molecular weight excluding hydrogens is 332 g/mol. The quantitative estimate of drug-likeness (QED) is 0.701. The number of anilines is 2. The lowest BCUT2D eigenvalue weighted by atomic mass is 10.3. The summed E-state index contributed by atoms with van der Waals surface area (Å²) in [5.41, 5.74) is 1.05. The van der Waals surface area contributed by atoms with E-state index in [-0.39, 0.29) is 24.8 Å². The summed E-state index contributed by atoms with van der Waals surface area (Å²) in [4.78, 5) is 22.8. The van der Waals surface area contributed by atoms with Gasteiger partial charge in [-0.3, -0.25) is 4.79 Å². The topological polar surface area (TPSA) is 79.5 Å². The monoisotopic (exact) mass is 349 g/mol. The Labute approximate surface area is 143 Å². The fraction of sp³-hybridized carbons (Fsp3) is 0.176. The van der Waals surface area contributed by atoms with Crippen LogP contribution in [0.15, 0.2) is 42.5 Å². The molecule has 25 heavy (non-hydrogen) atoms. The lowest BCUT2D eigenvalue weighted by Crippen LogP contribution is -2.32. The Morgan fingerprint density at radius 1 is 1.04 bits per heavy atom. The van der Waals surface area contributed by atoms with Crippen LogP contribution in [0.25, 0.3) is 0 Å². The van der Waals surface area contributed by atoms with Crippen molar-refractivity contribution in [1.29, 1.82) is 0 Å². The molecule has 0 radical (unpaired) electrons. The Morgan fingerprint density at radius 2 is 1.76 bits per heavy atom. The number of urea groups is 1. The number of rotatable bonds is 6. The Morgan fingerprint density at radius 3 is 2.44 bits per heavy atom. The van der Waals surface area contributed by atoms with Gasteiger partial charge in [-0.25, -0.2) is 13.6 Å². The van der Waals surface area contributed by atoms with Gasteiger partial charge >= 0.3 is 6.03 Å². The zero-order chi connectivity index (χ0) is 18.2. The maximum absolute atomic E-state index is 13.4. The van der Waals surface area contributed by atoms with Crippen molar-refractivity contribution in [2.24, 2.45) is 0 Å². The summed E-state index contributed by atoms with van der Waals surface area (Å²) >= 11 is 0. The highest BCUT2D eigenvalue weighted by atomic mass is 19.1. The first-order valence-electron chi connectivity index (χ1n) is 7.44. The molecule has 0 heterocycles. The number of ether oxygens (including phenoxy) is 1. The molecule has 0 aliphatic carbocycles. The maximum atomic E-state index is 13.4. The van der Waals surface area contributed by atoms with Gasteiger partial charge in [0, 0.05) is 24.4 Å². The minimum absolute atomic E-state index is 0.0158. The van der Waals surface area contributed by atoms with E-state index in [9.17, 15) is 18.4 Å². The van der Waals surface area contributed by atoms with Gasteiger partial charge in [0.2, 0.25) is 5.91 Å². The molecule has 132 valence electrons. The maximum Gasteiger partial charge on any atom is 0.319 e. The van der Waals surface area contributed by atoms with Crippen LogP contribution in [0.4, 0.5) is 25.0 Å². The number of benzene rings is 2. The molecule has 0 saturated heterocycles. The highest BCUT2D eigenvalue weighted by Crippen LogP contribution is 2.17. The van der Waals surface area contributed by atoms with Crippen molar-refractivity contribution < 1.29 is 23.1 Å². The van der Waals surface area contributed by atoms with Crippen LogP contribution < -0.4 is 20.7 Å². The Kier molecular flexibility index (Phi) is 6.27. The molecule has 8 heteroatoms. The van der Waals surface area contributed by atoms with Gasteiger partial charge in [-0.2, -0.15) is 0 Å². The zero-order valence-corrected chi connectivity index (χ0v) is 13.4. The van der Waals surface area contributed by atoms with Gasteiger partial charge in [0.05, 0.1) is 6.54 Å². The summed E-state index contributed by atoms with van der Waals surface area (Å²) in [5, 5.41) is 7.73. The van der Waals surface area contributed by atoms with E-state index in [1.807, 2.05) is 0 Å². The van der Waals surface area contributed by atoms with Crippen molar-refractivity contribution in [2.75, 3.05) is 23.8 Å². The fourth-order valence-electron chi connectivity index (χ4n) is 1.97. The molecule has 2 rings (SSSR count). The van der Waals surface area contributed by atoms with Crippen LogP contribution in [0.1, 0.15) is 6.92 Å². The molecule has 0 unspecified atom stereocenters. The number of hydrogen-bond donors (Lipinski definition) is 3. The normalized spacial score (nSPS) is 10.0. The fourth-order valence-corrected chi connectivity index (χ4v) is 1.97. The summed E-state index contributed by atoms with van der Waals surface area (Å²) in [6, 6.07) is 9.14. The SMILES string of the molecule is CC(=O)Nc1cccc(NC(=O)NCCOc2ccc(F)cc2F)c1. The molecule has 0 atom stereocenters. The van der Waals surface area contributed by atoms with Crippen LogP contribution in [0, 0.1) is 11.6 Å². The lowest BCUT2D eigenvalue weighted by molar-refractivity contribution is -0.114. The molecule has 0 aliphatic rings. The van der Waals surface area contributed by atoms with Crippen LogP contribution in [0.5, 0.6) is 5.75 Å². The Bertz CT molecular complexity index is 769. The summed E-state index contributed by atoms with van der Waals surface area (Å²) in [6.45, 7) is 1.52. The molecule has 2 aromatic carbocycles. The van der Waals surface area contributed by atoms with Crippen LogP contribution in [0.2, 0.25) is 0 Å². The van der Waals surface area contributed by atoms with Gasteiger partial charge in [-0.1, -0.05) is 6.07 Å². The smallest absolute Gasteiger partial charge is 0.319 e. The van der Waals surface area contributed by atoms with Crippen molar-refractivity contribution in [1.82, 2.24) is 5.32 Å². The van der Waals surface area contributed by atoms with Crippen molar-refractivity contribution in [2.45, 2.75) is 6.92 Å². The predicted octanol–water partition coefficient (Wildman–Crippen LogP) is 3.12. The molecule has 0 aliphatic heterocycles. The number of amides is 3. The van der Waals surface area contributed by atoms with Crippen molar-refractivity contribution in [3.63, 3.8) is 0 Å². The summed E-state index contributed by atoms with van der Waals surface area (Å²) in [5.74, 6) is -1.80. The van der Waals surface area contributed by atoms with Crippen LogP contribution >= 0.6 is 0 Å². The number of nitrogens with one attached hydrogen (secondary N) is 3. The van der Waals surface area contributed by atoms with Crippen LogP contribution in [0.3, 0.4) is 0 Å². The van der Waals surface area contributed by atoms with E-state index >= 15 is 0 Å². The van der Waals surface area contributed by atoms with E-state index in [1.54, 1.807) is 24.3 Å². The molecule has 6 nitrogen and oxygen atoms in total. The van der Waals surface area contributed by atoms with E-state index in [4.69, 9.17) is 4.74 Å². The highest BCUT2D eigenvalue weighted by molar-refractivity contribution is 5.92. The summed E-state index contributed by atoms with van der Waals surface area (Å²) in [6.07, 6.45) is 0. The largest absolute Gasteiger partial charge is 0.489 e. The third-order valence-electron chi connectivity index (χ3n) is 2.98. The molecule has 0 saturated carbocycles. The molecule has 0 bridgehead atoms. The Balaban J connectivity index is 1.76. The van der Waals surface area contributed by atoms with Gasteiger partial charge < -0.3 is 20.7 Å². The second kappa shape index (κ2) is 8.62. The number of hydrogen-bond acceptors (Lipinski definition) is 3. The summed E-state index contributed by atoms with van der Waals surface area (Å²) < 4.78 is 31.2. The van der Waals surface area contributed by atoms with Gasteiger partial charge in [0.15, 0.2) is 11.6 Å². The zero-order valence-electron chi connectivity index (χ0n) is 13.4. The standard InChI is InChI=1S/C17H17F2N3O3/c1-11(23)21-13-3-2-4-14(10-13)22-17(24)20-7-8-25-16-6-5-12(18)9-15(16)19/h2-6,9-10H,7-8H2,1H3,(H,21,23)(H2,20,22,24). The number of carbonyl (C=O) groups is 2. The van der Waals surface area contributed by atoms with Gasteiger partial charge in [0.25, 0.3) is 0 Å². The first-order chi connectivity index (χ1) is 11.9. The van der Waals surface area contributed by atoms with E-state index < -0.39 is 17.7 Å². The van der Waals surface area contributed by atoms with Crippen LogP contribution in [-0.2, 0) is 4.79 Å². The molecular formula is C17H17F2N3O3. The second-order valence-corrected chi connectivity index (χ2v) is 5.07. The van der Waals surface area contributed by atoms with E-state index in [0.29, 0.717) is 11.4 Å². The first-order valence-corrected chi connectivity index (χ1v) is 7.44. The molecule has 0 fully saturated rings. The van der Waals surface area contributed by atoms with Gasteiger partial charge in [-0.05, 0) is 30.3 Å². The molecule has 3 amide bonds. The summed E-state index contributed by atoms with van der Waals surface area (Å²) in [7, 11) is 0. The van der Waals surface area contributed by atoms with Gasteiger partial charge in [0.1, 0.15) is 12.4 Å². The number of halogens is 2. The predicted molar refractivity (Wildman–Crippen MR) is 89.6 cm³/mol. The average molecular weight is 349 g/mol. The minimum Gasteiger partial charge on any atom is -0.489 e. The van der Waals surface area contributed by atoms with Crippen molar-refractivity contribution >= 4 is 23.3 Å². The van der Waals surface area contributed by atoms with Crippen molar-refractivity contribution in [3.8, 4) is 5.75 Å². The lowest BCUT2D eigenvalue weighted by Gasteiger charge is -2.10. The molecule has 2 aromatic rings. The minimum atomic E-state index is -0.806. The molecule has 0 aromatic heterocycles. The molecule has 3 N–H and O–H groups in total. The van der Waals surface area contributed by atoms with Crippen molar-refractivity contribution in [3.05, 3.63) is 54.1 Å². The second-order valence-electron chi connectivity index (χ2n) is 5.07. The van der Waals surface area contributed by atoms with E-state index in [2.05, 4.69) is 16.0 Å². The van der Waals surface area contributed by atoms with E-state index in [0.717, 1.165) is 12.1 Å². The van der Waals surface area contributed by atoms with E-state index in [1.165, 1.54) is 13.0 Å².